The van der Waals surface area contributed by atoms with E-state index < -0.39 is 4.92 Å². The number of anilines is 1. The van der Waals surface area contributed by atoms with Crippen LogP contribution < -0.4 is 14.8 Å². The molecule has 0 atom stereocenters. The molecule has 1 aliphatic heterocycles. The van der Waals surface area contributed by atoms with E-state index in [4.69, 9.17) is 13.9 Å². The highest BCUT2D eigenvalue weighted by atomic mass is 16.7. The lowest BCUT2D eigenvalue weighted by Gasteiger charge is -2.04. The molecule has 2 aromatic carbocycles. The highest BCUT2D eigenvalue weighted by molar-refractivity contribution is 5.56. The average molecular weight is 340 g/mol. The minimum atomic E-state index is -0.460. The summed E-state index contributed by atoms with van der Waals surface area (Å²) in [5, 5.41) is 21.8. The summed E-state index contributed by atoms with van der Waals surface area (Å²) in [5.41, 5.74) is 1.46. The van der Waals surface area contributed by atoms with Gasteiger partial charge in [0.15, 0.2) is 11.5 Å². The summed E-state index contributed by atoms with van der Waals surface area (Å²) in [7, 11) is 0. The van der Waals surface area contributed by atoms with E-state index in [2.05, 4.69) is 15.5 Å². The van der Waals surface area contributed by atoms with E-state index in [0.29, 0.717) is 35.4 Å². The second-order valence-electron chi connectivity index (χ2n) is 5.23. The Balaban J connectivity index is 1.43. The molecular weight excluding hydrogens is 328 g/mol. The van der Waals surface area contributed by atoms with Crippen LogP contribution in [0.15, 0.2) is 46.9 Å². The Hall–Kier alpha value is -3.62. The molecule has 0 bridgehead atoms. The van der Waals surface area contributed by atoms with E-state index in [-0.39, 0.29) is 12.5 Å². The number of benzene rings is 2. The number of nitrogens with one attached hydrogen (secondary N) is 1. The molecule has 0 unspecified atom stereocenters. The molecule has 2 heterocycles. The molecule has 0 fully saturated rings. The molecule has 1 N–H and O–H groups in total. The highest BCUT2D eigenvalue weighted by Gasteiger charge is 2.14. The van der Waals surface area contributed by atoms with Crippen LogP contribution >= 0.6 is 0 Å². The Labute approximate surface area is 141 Å². The van der Waals surface area contributed by atoms with Gasteiger partial charge in [-0.2, -0.15) is 0 Å². The molecule has 9 nitrogen and oxygen atoms in total. The van der Waals surface area contributed by atoms with E-state index in [0.717, 1.165) is 5.69 Å². The molecule has 0 amide bonds. The van der Waals surface area contributed by atoms with Crippen molar-refractivity contribution in [2.75, 3.05) is 12.1 Å². The topological polar surface area (TPSA) is 113 Å². The fourth-order valence-electron chi connectivity index (χ4n) is 2.35. The second-order valence-corrected chi connectivity index (χ2v) is 5.23. The summed E-state index contributed by atoms with van der Waals surface area (Å²) in [5.74, 6) is 2.09. The summed E-state index contributed by atoms with van der Waals surface area (Å²) < 4.78 is 16.2. The van der Waals surface area contributed by atoms with Crippen molar-refractivity contribution in [3.8, 4) is 23.0 Å². The third kappa shape index (κ3) is 3.07. The lowest BCUT2D eigenvalue weighted by Crippen LogP contribution is -1.99. The quantitative estimate of drug-likeness (QED) is 0.557. The summed E-state index contributed by atoms with van der Waals surface area (Å²) in [4.78, 5) is 10.2. The van der Waals surface area contributed by atoms with E-state index in [9.17, 15) is 10.1 Å². The van der Waals surface area contributed by atoms with E-state index >= 15 is 0 Å². The minimum absolute atomic E-state index is 0.00737. The van der Waals surface area contributed by atoms with E-state index in [1.54, 1.807) is 12.1 Å². The molecule has 126 valence electrons. The van der Waals surface area contributed by atoms with Gasteiger partial charge in [-0.25, -0.2) is 0 Å². The fourth-order valence-corrected chi connectivity index (χ4v) is 2.35. The zero-order valence-electron chi connectivity index (χ0n) is 12.8. The molecule has 3 aromatic rings. The maximum absolute atomic E-state index is 10.7. The molecule has 0 saturated heterocycles. The first kappa shape index (κ1) is 14.9. The summed E-state index contributed by atoms with van der Waals surface area (Å²) in [6.07, 6.45) is 0. The van der Waals surface area contributed by atoms with Crippen LogP contribution in [0.5, 0.6) is 11.5 Å². The number of hydrogen-bond acceptors (Lipinski definition) is 8. The molecule has 25 heavy (non-hydrogen) atoms. The predicted molar refractivity (Wildman–Crippen MR) is 86.3 cm³/mol. The van der Waals surface area contributed by atoms with Gasteiger partial charge in [0.1, 0.15) is 0 Å². The minimum Gasteiger partial charge on any atom is -0.454 e. The van der Waals surface area contributed by atoms with Gasteiger partial charge in [0, 0.05) is 29.4 Å². The monoisotopic (exact) mass is 340 g/mol. The van der Waals surface area contributed by atoms with Gasteiger partial charge in [0.05, 0.1) is 11.5 Å². The number of hydrogen-bond donors (Lipinski definition) is 1. The Kier molecular flexibility index (Phi) is 3.65. The first-order chi connectivity index (χ1) is 12.2. The third-order valence-electron chi connectivity index (χ3n) is 3.61. The molecular formula is C16H12N4O5. The molecule has 9 heteroatoms. The van der Waals surface area contributed by atoms with E-state index in [1.165, 1.54) is 12.1 Å². The number of nitro benzene ring substituents is 1. The number of nitrogens with zero attached hydrogens (tertiary/aromatic N) is 3. The molecule has 4 rings (SSSR count). The standard InChI is InChI=1S/C16H12N4O5/c21-20(22)12-4-1-10(2-5-12)16-19-18-15(25-16)8-17-11-3-6-13-14(7-11)24-9-23-13/h1-7,17H,8-9H2. The third-order valence-corrected chi connectivity index (χ3v) is 3.61. The van der Waals surface area contributed by atoms with Crippen LogP contribution in [0.1, 0.15) is 5.89 Å². The normalized spacial score (nSPS) is 12.2. The number of nitro groups is 1. The largest absolute Gasteiger partial charge is 0.454 e. The average Bonchev–Trinajstić information content (AvgIpc) is 3.29. The van der Waals surface area contributed by atoms with Crippen LogP contribution in [-0.2, 0) is 6.54 Å². The number of non-ortho nitro benzene ring substituents is 1. The van der Waals surface area contributed by atoms with Gasteiger partial charge in [0.25, 0.3) is 5.69 Å². The van der Waals surface area contributed by atoms with Crippen LogP contribution in [0.3, 0.4) is 0 Å². The Morgan fingerprint density at radius 1 is 1.08 bits per heavy atom. The van der Waals surface area contributed by atoms with Crippen molar-refractivity contribution in [3.05, 3.63) is 58.5 Å². The number of aromatic nitrogens is 2. The zero-order valence-corrected chi connectivity index (χ0v) is 12.8. The summed E-state index contributed by atoms with van der Waals surface area (Å²) >= 11 is 0. The lowest BCUT2D eigenvalue weighted by atomic mass is 10.2. The van der Waals surface area contributed by atoms with Gasteiger partial charge in [-0.15, -0.1) is 10.2 Å². The first-order valence-corrected chi connectivity index (χ1v) is 7.40. The lowest BCUT2D eigenvalue weighted by molar-refractivity contribution is -0.384. The van der Waals surface area contributed by atoms with Gasteiger partial charge in [-0.1, -0.05) is 0 Å². The first-order valence-electron chi connectivity index (χ1n) is 7.40. The maximum Gasteiger partial charge on any atom is 0.269 e. The van der Waals surface area contributed by atoms with Crippen molar-refractivity contribution in [2.45, 2.75) is 6.54 Å². The molecule has 0 radical (unpaired) electrons. The predicted octanol–water partition coefficient (Wildman–Crippen LogP) is 2.99. The smallest absolute Gasteiger partial charge is 0.269 e. The van der Waals surface area contributed by atoms with Gasteiger partial charge in [-0.05, 0) is 24.3 Å². The van der Waals surface area contributed by atoms with Crippen molar-refractivity contribution in [1.29, 1.82) is 0 Å². The van der Waals surface area contributed by atoms with Gasteiger partial charge in [-0.3, -0.25) is 10.1 Å². The van der Waals surface area contributed by atoms with Crippen molar-refractivity contribution in [2.24, 2.45) is 0 Å². The zero-order chi connectivity index (χ0) is 17.2. The summed E-state index contributed by atoms with van der Waals surface area (Å²) in [6.45, 7) is 0.556. The molecule has 0 spiro atoms. The molecule has 1 aliphatic rings. The fraction of sp³-hybridized carbons (Fsp3) is 0.125. The van der Waals surface area contributed by atoms with Gasteiger partial charge < -0.3 is 19.2 Å². The maximum atomic E-state index is 10.7. The van der Waals surface area contributed by atoms with Crippen molar-refractivity contribution >= 4 is 11.4 Å². The molecule has 0 aliphatic carbocycles. The Morgan fingerprint density at radius 3 is 2.68 bits per heavy atom. The van der Waals surface area contributed by atoms with E-state index in [1.807, 2.05) is 18.2 Å². The SMILES string of the molecule is O=[N+]([O-])c1ccc(-c2nnc(CNc3ccc4c(c3)OCO4)o2)cc1. The van der Waals surface area contributed by atoms with Crippen LogP contribution in [0, 0.1) is 10.1 Å². The Morgan fingerprint density at radius 2 is 1.88 bits per heavy atom. The Bertz CT molecular complexity index is 923. The van der Waals surface area contributed by atoms with Crippen LogP contribution in [0.2, 0.25) is 0 Å². The van der Waals surface area contributed by atoms with Crippen LogP contribution in [-0.4, -0.2) is 21.9 Å². The van der Waals surface area contributed by atoms with Crippen molar-refractivity contribution in [3.63, 3.8) is 0 Å². The summed E-state index contributed by atoms with van der Waals surface area (Å²) in [6, 6.07) is 11.4. The number of ether oxygens (including phenoxy) is 2. The molecule has 0 saturated carbocycles. The number of fused-ring (bicyclic) bond motifs is 1. The highest BCUT2D eigenvalue weighted by Crippen LogP contribution is 2.34. The van der Waals surface area contributed by atoms with Crippen molar-refractivity contribution < 1.29 is 18.8 Å². The van der Waals surface area contributed by atoms with Crippen LogP contribution in [0.25, 0.3) is 11.5 Å². The van der Waals surface area contributed by atoms with Gasteiger partial charge >= 0.3 is 0 Å². The van der Waals surface area contributed by atoms with Gasteiger partial charge in [0.2, 0.25) is 18.6 Å². The van der Waals surface area contributed by atoms with Crippen LogP contribution in [0.4, 0.5) is 11.4 Å². The number of rotatable bonds is 5. The molecule has 1 aromatic heterocycles. The second kappa shape index (κ2) is 6.11. The van der Waals surface area contributed by atoms with Crippen molar-refractivity contribution in [1.82, 2.24) is 10.2 Å².